The molecule has 2 fully saturated rings. The minimum absolute atomic E-state index is 0.123. The molecule has 0 radical (unpaired) electrons. The van der Waals surface area contributed by atoms with Crippen molar-refractivity contribution in [2.75, 3.05) is 0 Å². The Morgan fingerprint density at radius 2 is 2.00 bits per heavy atom. The number of benzene rings is 1. The van der Waals surface area contributed by atoms with Crippen molar-refractivity contribution < 1.29 is 14.2 Å². The van der Waals surface area contributed by atoms with E-state index in [1.807, 2.05) is 26.0 Å². The van der Waals surface area contributed by atoms with Crippen molar-refractivity contribution in [3.8, 4) is 12.3 Å². The van der Waals surface area contributed by atoms with Gasteiger partial charge in [0.2, 0.25) is 0 Å². The van der Waals surface area contributed by atoms with Crippen molar-refractivity contribution in [2.45, 2.75) is 50.5 Å². The van der Waals surface area contributed by atoms with Crippen LogP contribution in [0.3, 0.4) is 0 Å². The first kappa shape index (κ1) is 13.8. The molecule has 2 saturated heterocycles. The van der Waals surface area contributed by atoms with Gasteiger partial charge in [-0.1, -0.05) is 18.2 Å². The topological polar surface area (TPSA) is 43.5 Å². The summed E-state index contributed by atoms with van der Waals surface area (Å²) in [4.78, 5) is 3.43. The summed E-state index contributed by atoms with van der Waals surface area (Å²) in [6, 6.07) is 10.3. The van der Waals surface area contributed by atoms with E-state index >= 15 is 0 Å². The van der Waals surface area contributed by atoms with Crippen LogP contribution in [-0.2, 0) is 14.2 Å². The highest BCUT2D eigenvalue weighted by Gasteiger charge is 2.55. The first-order valence-electron chi connectivity index (χ1n) is 7.59. The number of rotatable bonds is 2. The lowest BCUT2D eigenvalue weighted by molar-refractivity contribution is -0.187. The maximum absolute atomic E-state index is 6.15. The number of terminal acetylenes is 1. The van der Waals surface area contributed by atoms with Gasteiger partial charge in [-0.25, -0.2) is 0 Å². The van der Waals surface area contributed by atoms with Crippen molar-refractivity contribution >= 4 is 10.9 Å². The van der Waals surface area contributed by atoms with E-state index in [4.69, 9.17) is 20.6 Å². The Bertz CT molecular complexity index is 709. The number of para-hydroxylation sites is 1. The van der Waals surface area contributed by atoms with Crippen LogP contribution in [0, 0.1) is 12.3 Å². The van der Waals surface area contributed by atoms with E-state index in [1.54, 1.807) is 0 Å². The molecule has 2 aliphatic rings. The average Bonchev–Trinajstić information content (AvgIpc) is 3.11. The maximum atomic E-state index is 6.15. The zero-order chi connectivity index (χ0) is 15.3. The largest absolute Gasteiger partial charge is 0.362 e. The third kappa shape index (κ3) is 2.14. The van der Waals surface area contributed by atoms with Gasteiger partial charge in [-0.15, -0.1) is 12.3 Å². The van der Waals surface area contributed by atoms with Crippen molar-refractivity contribution in [2.24, 2.45) is 0 Å². The van der Waals surface area contributed by atoms with Gasteiger partial charge >= 0.3 is 0 Å². The predicted octanol–water partition coefficient (Wildman–Crippen LogP) is 3.15. The second kappa shape index (κ2) is 4.85. The van der Waals surface area contributed by atoms with Gasteiger partial charge in [-0.2, -0.15) is 0 Å². The van der Waals surface area contributed by atoms with Gasteiger partial charge in [0.25, 0.3) is 0 Å². The minimum Gasteiger partial charge on any atom is -0.362 e. The van der Waals surface area contributed by atoms with E-state index in [2.05, 4.69) is 29.1 Å². The summed E-state index contributed by atoms with van der Waals surface area (Å²) < 4.78 is 18.2. The van der Waals surface area contributed by atoms with Crippen LogP contribution < -0.4 is 0 Å². The fourth-order valence-corrected chi connectivity index (χ4v) is 3.46. The summed E-state index contributed by atoms with van der Waals surface area (Å²) in [5.41, 5.74) is 2.10. The molecule has 1 aromatic heterocycles. The molecule has 22 heavy (non-hydrogen) atoms. The molecule has 4 rings (SSSR count). The summed E-state index contributed by atoms with van der Waals surface area (Å²) in [7, 11) is 0. The SMILES string of the molecule is C#CC[C@H]1O[C@H](c2cc3ccccc3[nH]2)[C@H]2OC(C)(C)O[C@H]21. The Kier molecular flexibility index (Phi) is 3.05. The Morgan fingerprint density at radius 3 is 2.77 bits per heavy atom. The van der Waals surface area contributed by atoms with Crippen LogP contribution in [0.15, 0.2) is 30.3 Å². The molecule has 4 atom stereocenters. The molecule has 0 spiro atoms. The monoisotopic (exact) mass is 297 g/mol. The van der Waals surface area contributed by atoms with Crippen LogP contribution >= 0.6 is 0 Å². The molecule has 114 valence electrons. The summed E-state index contributed by atoms with van der Waals surface area (Å²) in [5, 5.41) is 1.16. The van der Waals surface area contributed by atoms with Crippen molar-refractivity contribution in [3.05, 3.63) is 36.0 Å². The standard InChI is InChI=1S/C18H19NO3/c1-4-7-14-16-17(22-18(2,3)21-16)15(20-14)13-10-11-8-5-6-9-12(11)19-13/h1,5-6,8-10,14-17,19H,7H2,2-3H3/t14-,15-,16+,17-/m1/s1. The summed E-state index contributed by atoms with van der Waals surface area (Å²) in [5.74, 6) is 2.08. The van der Waals surface area contributed by atoms with Gasteiger partial charge in [0.15, 0.2) is 5.79 Å². The number of hydrogen-bond donors (Lipinski definition) is 1. The van der Waals surface area contributed by atoms with Gasteiger partial charge in [-0.3, -0.25) is 0 Å². The summed E-state index contributed by atoms with van der Waals surface area (Å²) in [6.45, 7) is 3.86. The van der Waals surface area contributed by atoms with E-state index in [0.29, 0.717) is 6.42 Å². The van der Waals surface area contributed by atoms with Gasteiger partial charge in [0, 0.05) is 17.6 Å². The molecule has 1 aromatic carbocycles. The highest BCUT2D eigenvalue weighted by atomic mass is 16.8. The fourth-order valence-electron chi connectivity index (χ4n) is 3.46. The Morgan fingerprint density at radius 1 is 1.23 bits per heavy atom. The lowest BCUT2D eigenvalue weighted by atomic mass is 10.0. The first-order valence-corrected chi connectivity index (χ1v) is 7.59. The van der Waals surface area contributed by atoms with E-state index < -0.39 is 5.79 Å². The Labute approximate surface area is 129 Å². The Balaban J connectivity index is 1.70. The van der Waals surface area contributed by atoms with Crippen molar-refractivity contribution in [1.82, 2.24) is 4.98 Å². The van der Waals surface area contributed by atoms with Crippen LogP contribution in [0.5, 0.6) is 0 Å². The lowest BCUT2D eigenvalue weighted by Gasteiger charge is -2.23. The molecule has 4 nitrogen and oxygen atoms in total. The maximum Gasteiger partial charge on any atom is 0.164 e. The molecule has 0 unspecified atom stereocenters. The van der Waals surface area contributed by atoms with Gasteiger partial charge in [0.1, 0.15) is 18.3 Å². The highest BCUT2D eigenvalue weighted by molar-refractivity contribution is 5.80. The lowest BCUT2D eigenvalue weighted by Crippen LogP contribution is -2.29. The molecular weight excluding hydrogens is 278 g/mol. The van der Waals surface area contributed by atoms with E-state index in [-0.39, 0.29) is 24.4 Å². The number of hydrogen-bond acceptors (Lipinski definition) is 3. The third-order valence-electron chi connectivity index (χ3n) is 4.33. The van der Waals surface area contributed by atoms with Gasteiger partial charge in [-0.05, 0) is 31.4 Å². The number of H-pyrrole nitrogens is 1. The number of nitrogens with one attached hydrogen (secondary N) is 1. The Hall–Kier alpha value is -1.80. The molecule has 2 aliphatic heterocycles. The highest BCUT2D eigenvalue weighted by Crippen LogP contribution is 2.46. The molecule has 4 heteroatoms. The van der Waals surface area contributed by atoms with Crippen LogP contribution in [0.25, 0.3) is 10.9 Å². The molecular formula is C18H19NO3. The molecule has 3 heterocycles. The van der Waals surface area contributed by atoms with Crippen LogP contribution in [-0.4, -0.2) is 29.1 Å². The molecule has 0 amide bonds. The number of fused-ring (bicyclic) bond motifs is 2. The van der Waals surface area contributed by atoms with E-state index in [1.165, 1.54) is 0 Å². The van der Waals surface area contributed by atoms with E-state index in [9.17, 15) is 0 Å². The second-order valence-corrected chi connectivity index (χ2v) is 6.38. The normalized spacial score (nSPS) is 33.0. The smallest absolute Gasteiger partial charge is 0.164 e. The average molecular weight is 297 g/mol. The number of ether oxygens (including phenoxy) is 3. The summed E-state index contributed by atoms with van der Waals surface area (Å²) >= 11 is 0. The fraction of sp³-hybridized carbons (Fsp3) is 0.444. The molecule has 0 aliphatic carbocycles. The summed E-state index contributed by atoms with van der Waals surface area (Å²) in [6.07, 6.45) is 5.42. The van der Waals surface area contributed by atoms with Crippen molar-refractivity contribution in [1.29, 1.82) is 0 Å². The second-order valence-electron chi connectivity index (χ2n) is 6.38. The van der Waals surface area contributed by atoms with Crippen molar-refractivity contribution in [3.63, 3.8) is 0 Å². The third-order valence-corrected chi connectivity index (χ3v) is 4.33. The van der Waals surface area contributed by atoms with Crippen LogP contribution in [0.1, 0.15) is 32.1 Å². The van der Waals surface area contributed by atoms with Gasteiger partial charge in [0.05, 0.1) is 6.10 Å². The molecule has 1 N–H and O–H groups in total. The van der Waals surface area contributed by atoms with E-state index in [0.717, 1.165) is 16.6 Å². The van der Waals surface area contributed by atoms with Gasteiger partial charge < -0.3 is 19.2 Å². The minimum atomic E-state index is -0.601. The van der Waals surface area contributed by atoms with Crippen LogP contribution in [0.4, 0.5) is 0 Å². The zero-order valence-electron chi connectivity index (χ0n) is 12.7. The number of aromatic nitrogens is 1. The number of aromatic amines is 1. The molecule has 0 bridgehead atoms. The predicted molar refractivity (Wildman–Crippen MR) is 83.2 cm³/mol. The quantitative estimate of drug-likeness (QED) is 0.866. The molecule has 0 saturated carbocycles. The molecule has 2 aromatic rings. The zero-order valence-corrected chi connectivity index (χ0v) is 12.7. The first-order chi connectivity index (χ1) is 10.6. The van der Waals surface area contributed by atoms with Crippen LogP contribution in [0.2, 0.25) is 0 Å².